The van der Waals surface area contributed by atoms with Crippen LogP contribution in [0.1, 0.15) is 33.6 Å². The first-order chi connectivity index (χ1) is 6.52. The fourth-order valence-corrected chi connectivity index (χ4v) is 3.24. The predicted molar refractivity (Wildman–Crippen MR) is 59.3 cm³/mol. The number of ether oxygens (including phenoxy) is 1. The van der Waals surface area contributed by atoms with E-state index in [-0.39, 0.29) is 17.1 Å². The lowest BCUT2D eigenvalue weighted by atomic mass is 9.78. The minimum atomic E-state index is -0.137. The highest BCUT2D eigenvalue weighted by atomic mass is 35.5. The Balaban J connectivity index is 2.06. The minimum absolute atomic E-state index is 0.137. The summed E-state index contributed by atoms with van der Waals surface area (Å²) in [7, 11) is 0. The van der Waals surface area contributed by atoms with Crippen LogP contribution in [0.15, 0.2) is 12.2 Å². The van der Waals surface area contributed by atoms with Crippen molar-refractivity contribution in [1.82, 2.24) is 0 Å². The Kier molecular flexibility index (Phi) is 2.65. The summed E-state index contributed by atoms with van der Waals surface area (Å²) in [5.74, 6) is 1.38. The highest BCUT2D eigenvalue weighted by Gasteiger charge is 2.49. The van der Waals surface area contributed by atoms with Crippen LogP contribution in [0.25, 0.3) is 0 Å². The second kappa shape index (κ2) is 3.53. The average molecular weight is 215 g/mol. The van der Waals surface area contributed by atoms with Crippen LogP contribution in [0, 0.1) is 17.3 Å². The SMILES string of the molecule is CC(C)OC(Cl)C1(C)CC2C=CC1C2. The summed E-state index contributed by atoms with van der Waals surface area (Å²) >= 11 is 6.36. The zero-order chi connectivity index (χ0) is 10.3. The van der Waals surface area contributed by atoms with Gasteiger partial charge in [-0.05, 0) is 38.5 Å². The van der Waals surface area contributed by atoms with E-state index in [0.717, 1.165) is 5.92 Å². The van der Waals surface area contributed by atoms with E-state index in [9.17, 15) is 0 Å². The molecule has 0 aromatic rings. The molecule has 1 fully saturated rings. The molecule has 4 atom stereocenters. The summed E-state index contributed by atoms with van der Waals surface area (Å²) in [5.41, 5.74) is 0.0214. The molecule has 0 aliphatic heterocycles. The van der Waals surface area contributed by atoms with Crippen molar-refractivity contribution in [3.63, 3.8) is 0 Å². The molecule has 0 amide bonds. The van der Waals surface area contributed by atoms with Crippen molar-refractivity contribution >= 4 is 11.6 Å². The zero-order valence-electron chi connectivity index (χ0n) is 9.16. The molecule has 2 bridgehead atoms. The van der Waals surface area contributed by atoms with Gasteiger partial charge in [-0.15, -0.1) is 0 Å². The molecular formula is C12H19ClO. The third-order valence-corrected chi connectivity index (χ3v) is 4.23. The fourth-order valence-electron chi connectivity index (χ4n) is 2.79. The first kappa shape index (κ1) is 10.5. The summed E-state index contributed by atoms with van der Waals surface area (Å²) < 4.78 is 5.72. The van der Waals surface area contributed by atoms with Crippen molar-refractivity contribution in [2.45, 2.75) is 45.3 Å². The molecule has 2 heteroatoms. The van der Waals surface area contributed by atoms with Gasteiger partial charge in [-0.2, -0.15) is 0 Å². The predicted octanol–water partition coefficient (Wildman–Crippen LogP) is 3.58. The van der Waals surface area contributed by atoms with Crippen molar-refractivity contribution in [3.8, 4) is 0 Å². The summed E-state index contributed by atoms with van der Waals surface area (Å²) in [5, 5.41) is 0. The first-order valence-corrected chi connectivity index (χ1v) is 5.94. The summed E-state index contributed by atoms with van der Waals surface area (Å²) in [6, 6.07) is 0. The molecule has 14 heavy (non-hydrogen) atoms. The molecule has 2 aliphatic rings. The number of alkyl halides is 1. The van der Waals surface area contributed by atoms with Crippen LogP contribution in [-0.2, 0) is 4.74 Å². The van der Waals surface area contributed by atoms with Gasteiger partial charge in [0, 0.05) is 5.41 Å². The fraction of sp³-hybridized carbons (Fsp3) is 0.833. The van der Waals surface area contributed by atoms with E-state index >= 15 is 0 Å². The normalized spacial score (nSPS) is 42.4. The van der Waals surface area contributed by atoms with Crippen molar-refractivity contribution in [1.29, 1.82) is 0 Å². The second-order valence-corrected chi connectivity index (χ2v) is 5.59. The molecule has 2 rings (SSSR count). The summed E-state index contributed by atoms with van der Waals surface area (Å²) in [6.07, 6.45) is 7.35. The zero-order valence-corrected chi connectivity index (χ0v) is 9.92. The third kappa shape index (κ3) is 1.61. The number of fused-ring (bicyclic) bond motifs is 2. The van der Waals surface area contributed by atoms with Crippen molar-refractivity contribution < 1.29 is 4.74 Å². The molecular weight excluding hydrogens is 196 g/mol. The van der Waals surface area contributed by atoms with E-state index in [1.54, 1.807) is 0 Å². The maximum Gasteiger partial charge on any atom is 0.137 e. The summed E-state index contributed by atoms with van der Waals surface area (Å²) in [4.78, 5) is 0. The molecule has 1 nitrogen and oxygen atoms in total. The first-order valence-electron chi connectivity index (χ1n) is 5.50. The van der Waals surface area contributed by atoms with Gasteiger partial charge in [0.25, 0.3) is 0 Å². The smallest absolute Gasteiger partial charge is 0.137 e. The average Bonchev–Trinajstić information content (AvgIpc) is 2.62. The Hall–Kier alpha value is -0.0100. The molecule has 0 spiro atoms. The van der Waals surface area contributed by atoms with Gasteiger partial charge in [0.1, 0.15) is 5.56 Å². The molecule has 80 valence electrons. The lowest BCUT2D eigenvalue weighted by molar-refractivity contribution is -0.0261. The highest BCUT2D eigenvalue weighted by molar-refractivity contribution is 6.20. The van der Waals surface area contributed by atoms with Gasteiger partial charge in [0.15, 0.2) is 0 Å². The van der Waals surface area contributed by atoms with Crippen LogP contribution in [0.2, 0.25) is 0 Å². The van der Waals surface area contributed by atoms with E-state index in [1.165, 1.54) is 12.8 Å². The number of hydrogen-bond acceptors (Lipinski definition) is 1. The largest absolute Gasteiger partial charge is 0.359 e. The minimum Gasteiger partial charge on any atom is -0.359 e. The molecule has 0 heterocycles. The molecule has 2 aliphatic carbocycles. The lowest BCUT2D eigenvalue weighted by Crippen LogP contribution is -2.35. The van der Waals surface area contributed by atoms with Crippen molar-refractivity contribution in [2.75, 3.05) is 0 Å². The van der Waals surface area contributed by atoms with Gasteiger partial charge in [-0.1, -0.05) is 30.7 Å². The van der Waals surface area contributed by atoms with Gasteiger partial charge in [-0.3, -0.25) is 0 Å². The number of halogens is 1. The van der Waals surface area contributed by atoms with E-state index < -0.39 is 0 Å². The Morgan fingerprint density at radius 1 is 1.43 bits per heavy atom. The molecule has 0 aromatic carbocycles. The van der Waals surface area contributed by atoms with E-state index in [1.807, 2.05) is 13.8 Å². The Morgan fingerprint density at radius 2 is 2.14 bits per heavy atom. The van der Waals surface area contributed by atoms with Crippen molar-refractivity contribution in [2.24, 2.45) is 17.3 Å². The molecule has 0 saturated heterocycles. The topological polar surface area (TPSA) is 9.23 Å². The van der Waals surface area contributed by atoms with Gasteiger partial charge < -0.3 is 4.74 Å². The lowest BCUT2D eigenvalue weighted by Gasteiger charge is -2.36. The van der Waals surface area contributed by atoms with E-state index in [2.05, 4.69) is 19.1 Å². The number of rotatable bonds is 3. The molecule has 4 unspecified atom stereocenters. The van der Waals surface area contributed by atoms with Crippen LogP contribution in [0.5, 0.6) is 0 Å². The number of hydrogen-bond donors (Lipinski definition) is 0. The van der Waals surface area contributed by atoms with Gasteiger partial charge in [-0.25, -0.2) is 0 Å². The van der Waals surface area contributed by atoms with Crippen LogP contribution in [0.3, 0.4) is 0 Å². The molecule has 0 radical (unpaired) electrons. The Bertz CT molecular complexity index is 249. The van der Waals surface area contributed by atoms with Gasteiger partial charge in [0.05, 0.1) is 6.10 Å². The molecule has 0 aromatic heterocycles. The van der Waals surface area contributed by atoms with Crippen LogP contribution in [-0.4, -0.2) is 11.7 Å². The maximum atomic E-state index is 6.36. The maximum absolute atomic E-state index is 6.36. The van der Waals surface area contributed by atoms with E-state index in [4.69, 9.17) is 16.3 Å². The van der Waals surface area contributed by atoms with Crippen LogP contribution < -0.4 is 0 Å². The molecule has 1 saturated carbocycles. The molecule has 0 N–H and O–H groups in total. The van der Waals surface area contributed by atoms with E-state index in [0.29, 0.717) is 5.92 Å². The summed E-state index contributed by atoms with van der Waals surface area (Å²) in [6.45, 7) is 6.35. The highest BCUT2D eigenvalue weighted by Crippen LogP contribution is 2.55. The standard InChI is InChI=1S/C12H19ClO/c1-8(2)14-11(13)12(3)7-9-4-5-10(12)6-9/h4-5,8-11H,6-7H2,1-3H3. The van der Waals surface area contributed by atoms with Crippen LogP contribution >= 0.6 is 11.6 Å². The van der Waals surface area contributed by atoms with Crippen molar-refractivity contribution in [3.05, 3.63) is 12.2 Å². The van der Waals surface area contributed by atoms with Gasteiger partial charge >= 0.3 is 0 Å². The second-order valence-electron chi connectivity index (χ2n) is 5.20. The third-order valence-electron chi connectivity index (χ3n) is 3.63. The van der Waals surface area contributed by atoms with Gasteiger partial charge in [0.2, 0.25) is 0 Å². The van der Waals surface area contributed by atoms with Crippen LogP contribution in [0.4, 0.5) is 0 Å². The number of allylic oxidation sites excluding steroid dienone is 2. The quantitative estimate of drug-likeness (QED) is 0.516. The Labute approximate surface area is 91.5 Å². The monoisotopic (exact) mass is 214 g/mol. The Morgan fingerprint density at radius 3 is 2.57 bits per heavy atom.